The van der Waals surface area contributed by atoms with Crippen molar-refractivity contribution in [2.24, 2.45) is 0 Å². The third-order valence-electron chi connectivity index (χ3n) is 3.25. The van der Waals surface area contributed by atoms with Crippen molar-refractivity contribution in [2.75, 3.05) is 13.2 Å². The molecule has 0 saturated carbocycles. The molecule has 1 fully saturated rings. The number of likely N-dealkylation sites (tertiary alicyclic amines) is 1. The van der Waals surface area contributed by atoms with Crippen LogP contribution in [-0.2, 0) is 14.3 Å². The minimum absolute atomic E-state index is 0.00526. The van der Waals surface area contributed by atoms with Crippen molar-refractivity contribution in [3.8, 4) is 0 Å². The number of ether oxygens (including phenoxy) is 1. The van der Waals surface area contributed by atoms with E-state index in [0.29, 0.717) is 6.42 Å². The molecule has 1 rings (SSSR count). The van der Waals surface area contributed by atoms with Crippen molar-refractivity contribution in [1.82, 2.24) is 4.90 Å². The van der Waals surface area contributed by atoms with Crippen LogP contribution in [0.3, 0.4) is 0 Å². The lowest BCUT2D eigenvalue weighted by molar-refractivity contribution is -0.346. The summed E-state index contributed by atoms with van der Waals surface area (Å²) in [7, 11) is 0. The van der Waals surface area contributed by atoms with E-state index in [1.807, 2.05) is 0 Å². The first-order chi connectivity index (χ1) is 10.4. The van der Waals surface area contributed by atoms with Crippen molar-refractivity contribution < 1.29 is 45.1 Å². The van der Waals surface area contributed by atoms with Gasteiger partial charge in [-0.05, 0) is 19.3 Å². The summed E-state index contributed by atoms with van der Waals surface area (Å²) in [6, 6.07) is -1.59. The SMILES string of the molecule is CCCOC(=O)C1CCCN1C(=O)C(F)(F)C(F)(F)C(F)(F)F. The summed E-state index contributed by atoms with van der Waals surface area (Å²) in [5.41, 5.74) is 0. The number of hydrogen-bond donors (Lipinski definition) is 0. The van der Waals surface area contributed by atoms with Crippen LogP contribution in [0.5, 0.6) is 0 Å². The van der Waals surface area contributed by atoms with Gasteiger partial charge in [0.15, 0.2) is 0 Å². The van der Waals surface area contributed by atoms with Gasteiger partial charge in [-0.25, -0.2) is 4.79 Å². The Kier molecular flexibility index (Phi) is 5.53. The van der Waals surface area contributed by atoms with Gasteiger partial charge in [0, 0.05) is 6.54 Å². The first-order valence-corrected chi connectivity index (χ1v) is 6.68. The van der Waals surface area contributed by atoms with Crippen LogP contribution in [0.25, 0.3) is 0 Å². The third kappa shape index (κ3) is 3.52. The molecule has 0 aromatic carbocycles. The summed E-state index contributed by atoms with van der Waals surface area (Å²) in [6.07, 6.45) is -6.37. The standard InChI is InChI=1S/C12H14F7NO3/c1-2-6-23-8(21)7-4-3-5-20(7)9(22)10(13,14)11(15,16)12(17,18)19/h7H,2-6H2,1H3. The van der Waals surface area contributed by atoms with Crippen molar-refractivity contribution in [3.63, 3.8) is 0 Å². The Hall–Kier alpha value is -1.55. The summed E-state index contributed by atoms with van der Waals surface area (Å²) < 4.78 is 93.6. The number of carbonyl (C=O) groups is 2. The maximum atomic E-state index is 13.4. The van der Waals surface area contributed by atoms with Crippen LogP contribution in [0.2, 0.25) is 0 Å². The average molecular weight is 353 g/mol. The van der Waals surface area contributed by atoms with Gasteiger partial charge in [-0.3, -0.25) is 4.79 Å². The predicted molar refractivity (Wildman–Crippen MR) is 61.9 cm³/mol. The molecule has 1 unspecified atom stereocenters. The molecule has 1 amide bonds. The molecule has 134 valence electrons. The predicted octanol–water partition coefficient (Wildman–Crippen LogP) is 2.76. The normalized spacial score (nSPS) is 19.8. The van der Waals surface area contributed by atoms with Crippen molar-refractivity contribution in [1.29, 1.82) is 0 Å². The van der Waals surface area contributed by atoms with E-state index in [9.17, 15) is 40.3 Å². The van der Waals surface area contributed by atoms with E-state index >= 15 is 0 Å². The zero-order chi connectivity index (χ0) is 18.1. The van der Waals surface area contributed by atoms with E-state index in [-0.39, 0.29) is 24.3 Å². The topological polar surface area (TPSA) is 46.6 Å². The molecular weight excluding hydrogens is 339 g/mol. The van der Waals surface area contributed by atoms with Gasteiger partial charge in [0.25, 0.3) is 0 Å². The lowest BCUT2D eigenvalue weighted by Gasteiger charge is -2.32. The molecule has 0 aromatic rings. The van der Waals surface area contributed by atoms with E-state index in [1.165, 1.54) is 0 Å². The molecule has 0 bridgehead atoms. The summed E-state index contributed by atoms with van der Waals surface area (Å²) in [5.74, 6) is -16.4. The highest BCUT2D eigenvalue weighted by Crippen LogP contribution is 2.47. The largest absolute Gasteiger partial charge is 0.464 e. The van der Waals surface area contributed by atoms with E-state index in [4.69, 9.17) is 0 Å². The number of rotatable bonds is 5. The Bertz CT molecular complexity index is 464. The van der Waals surface area contributed by atoms with Crippen LogP contribution in [-0.4, -0.2) is 54.0 Å². The number of esters is 1. The number of carbonyl (C=O) groups excluding carboxylic acids is 2. The summed E-state index contributed by atoms with van der Waals surface area (Å²) >= 11 is 0. The third-order valence-corrected chi connectivity index (χ3v) is 3.25. The zero-order valence-electron chi connectivity index (χ0n) is 11.9. The van der Waals surface area contributed by atoms with Gasteiger partial charge in [0.05, 0.1) is 6.61 Å². The Morgan fingerprint density at radius 2 is 1.70 bits per heavy atom. The van der Waals surface area contributed by atoms with Crippen LogP contribution >= 0.6 is 0 Å². The highest BCUT2D eigenvalue weighted by Gasteiger charge is 2.77. The van der Waals surface area contributed by atoms with E-state index < -0.39 is 42.5 Å². The minimum atomic E-state index is -6.61. The van der Waals surface area contributed by atoms with Crippen LogP contribution in [0.1, 0.15) is 26.2 Å². The van der Waals surface area contributed by atoms with Gasteiger partial charge in [0.2, 0.25) is 0 Å². The van der Waals surface area contributed by atoms with Gasteiger partial charge < -0.3 is 9.64 Å². The zero-order valence-corrected chi connectivity index (χ0v) is 11.9. The lowest BCUT2D eigenvalue weighted by atomic mass is 10.1. The van der Waals surface area contributed by atoms with E-state index in [1.54, 1.807) is 6.92 Å². The second kappa shape index (κ2) is 6.52. The molecule has 23 heavy (non-hydrogen) atoms. The van der Waals surface area contributed by atoms with Gasteiger partial charge in [-0.2, -0.15) is 30.7 Å². The first-order valence-electron chi connectivity index (χ1n) is 6.68. The highest BCUT2D eigenvalue weighted by atomic mass is 19.4. The quantitative estimate of drug-likeness (QED) is 0.564. The molecule has 1 aliphatic heterocycles. The molecule has 1 aliphatic rings. The van der Waals surface area contributed by atoms with Crippen LogP contribution < -0.4 is 0 Å². The molecule has 0 spiro atoms. The molecule has 0 radical (unpaired) electrons. The lowest BCUT2D eigenvalue weighted by Crippen LogP contribution is -2.61. The van der Waals surface area contributed by atoms with E-state index in [0.717, 1.165) is 0 Å². The fraction of sp³-hybridized carbons (Fsp3) is 0.833. The van der Waals surface area contributed by atoms with Gasteiger partial charge >= 0.3 is 29.9 Å². The second-order valence-corrected chi connectivity index (χ2v) is 4.97. The Labute approximate surface area is 126 Å². The number of nitrogens with zero attached hydrogens (tertiary/aromatic N) is 1. The summed E-state index contributed by atoms with van der Waals surface area (Å²) in [6.45, 7) is 1.00. The first kappa shape index (κ1) is 19.5. The number of halogens is 7. The molecular formula is C12H14F7NO3. The number of amides is 1. The fourth-order valence-corrected chi connectivity index (χ4v) is 2.05. The smallest absolute Gasteiger partial charge is 0.460 e. The fourth-order valence-electron chi connectivity index (χ4n) is 2.05. The maximum absolute atomic E-state index is 13.4. The molecule has 11 heteroatoms. The van der Waals surface area contributed by atoms with Crippen molar-refractivity contribution >= 4 is 11.9 Å². The van der Waals surface area contributed by atoms with Crippen molar-refractivity contribution in [3.05, 3.63) is 0 Å². The monoisotopic (exact) mass is 353 g/mol. The van der Waals surface area contributed by atoms with Crippen LogP contribution in [0.4, 0.5) is 30.7 Å². The van der Waals surface area contributed by atoms with Gasteiger partial charge in [0.1, 0.15) is 6.04 Å². The molecule has 4 nitrogen and oxygen atoms in total. The van der Waals surface area contributed by atoms with Crippen LogP contribution in [0.15, 0.2) is 0 Å². The summed E-state index contributed by atoms with van der Waals surface area (Å²) in [4.78, 5) is 23.2. The summed E-state index contributed by atoms with van der Waals surface area (Å²) in [5, 5.41) is 0. The molecule has 1 heterocycles. The van der Waals surface area contributed by atoms with Crippen LogP contribution in [0, 0.1) is 0 Å². The van der Waals surface area contributed by atoms with E-state index in [2.05, 4.69) is 4.74 Å². The molecule has 0 aliphatic carbocycles. The molecule has 1 atom stereocenters. The highest BCUT2D eigenvalue weighted by molar-refractivity contribution is 5.90. The molecule has 0 N–H and O–H groups in total. The molecule has 0 aromatic heterocycles. The van der Waals surface area contributed by atoms with Crippen molar-refractivity contribution in [2.45, 2.75) is 50.2 Å². The van der Waals surface area contributed by atoms with Gasteiger partial charge in [-0.15, -0.1) is 0 Å². The minimum Gasteiger partial charge on any atom is -0.464 e. The Morgan fingerprint density at radius 3 is 2.17 bits per heavy atom. The second-order valence-electron chi connectivity index (χ2n) is 4.97. The maximum Gasteiger partial charge on any atom is 0.460 e. The Balaban J connectivity index is 3.00. The number of alkyl halides is 7. The van der Waals surface area contributed by atoms with Gasteiger partial charge in [-0.1, -0.05) is 6.92 Å². The molecule has 1 saturated heterocycles. The number of hydrogen-bond acceptors (Lipinski definition) is 3. The Morgan fingerprint density at radius 1 is 1.13 bits per heavy atom. The average Bonchev–Trinajstić information content (AvgIpc) is 2.91.